The van der Waals surface area contributed by atoms with E-state index in [9.17, 15) is 9.90 Å². The summed E-state index contributed by atoms with van der Waals surface area (Å²) in [7, 11) is 0. The van der Waals surface area contributed by atoms with Gasteiger partial charge in [-0.15, -0.1) is 0 Å². The molecule has 1 aromatic carbocycles. The van der Waals surface area contributed by atoms with Crippen LogP contribution in [0.15, 0.2) is 42.0 Å². The second kappa shape index (κ2) is 11.4. The summed E-state index contributed by atoms with van der Waals surface area (Å²) in [5, 5.41) is 25.9. The highest BCUT2D eigenvalue weighted by Crippen LogP contribution is 2.20. The minimum Gasteiger partial charge on any atom is -0.471 e. The van der Waals surface area contributed by atoms with Crippen molar-refractivity contribution in [3.05, 3.63) is 48.2 Å². The van der Waals surface area contributed by atoms with Gasteiger partial charge in [0.15, 0.2) is 0 Å². The van der Waals surface area contributed by atoms with Crippen molar-refractivity contribution < 1.29 is 19.4 Å². The molecule has 31 heavy (non-hydrogen) atoms. The molecule has 9 heteroatoms. The van der Waals surface area contributed by atoms with Gasteiger partial charge in [0.1, 0.15) is 18.0 Å². The first kappa shape index (κ1) is 24.2. The topological polar surface area (TPSA) is 122 Å². The summed E-state index contributed by atoms with van der Waals surface area (Å²) in [6.45, 7) is 10.9. The summed E-state index contributed by atoms with van der Waals surface area (Å²) in [6.07, 6.45) is 0.232. The number of amidine groups is 2. The van der Waals surface area contributed by atoms with E-state index in [-0.39, 0.29) is 30.3 Å². The van der Waals surface area contributed by atoms with Gasteiger partial charge in [-0.1, -0.05) is 30.8 Å². The van der Waals surface area contributed by atoms with Gasteiger partial charge in [-0.3, -0.25) is 15.7 Å². The molecule has 168 valence electrons. The molecule has 1 saturated heterocycles. The Morgan fingerprint density at radius 2 is 2.00 bits per heavy atom. The fourth-order valence-corrected chi connectivity index (χ4v) is 3.17. The van der Waals surface area contributed by atoms with Gasteiger partial charge in [-0.2, -0.15) is 0 Å². The van der Waals surface area contributed by atoms with Crippen molar-refractivity contribution in [1.82, 2.24) is 9.80 Å². The lowest BCUT2D eigenvalue weighted by atomic mass is 10.1. The van der Waals surface area contributed by atoms with Gasteiger partial charge in [-0.25, -0.2) is 9.79 Å². The van der Waals surface area contributed by atoms with Crippen molar-refractivity contribution in [3.8, 4) is 0 Å². The van der Waals surface area contributed by atoms with Crippen LogP contribution in [0.5, 0.6) is 0 Å². The minimum absolute atomic E-state index is 0.204. The van der Waals surface area contributed by atoms with Crippen LogP contribution in [0.25, 0.3) is 0 Å². The summed E-state index contributed by atoms with van der Waals surface area (Å²) in [6, 6.07) is 7.92. The molecule has 1 heterocycles. The van der Waals surface area contributed by atoms with Gasteiger partial charge in [0.2, 0.25) is 11.7 Å². The molecule has 0 amide bonds. The third-order valence-corrected chi connectivity index (χ3v) is 4.81. The molecule has 0 radical (unpaired) electrons. The lowest BCUT2D eigenvalue weighted by Gasteiger charge is -2.35. The third-order valence-electron chi connectivity index (χ3n) is 4.81. The number of benzene rings is 1. The Balaban J connectivity index is 1.93. The summed E-state index contributed by atoms with van der Waals surface area (Å²) >= 11 is 0. The maximum absolute atomic E-state index is 11.8. The Labute approximate surface area is 183 Å². The molecule has 0 aliphatic carbocycles. The molecule has 0 bridgehead atoms. The lowest BCUT2D eigenvalue weighted by molar-refractivity contribution is -0.135. The van der Waals surface area contributed by atoms with Crippen LogP contribution >= 0.6 is 0 Å². The van der Waals surface area contributed by atoms with Crippen LogP contribution in [0.4, 0.5) is 0 Å². The standard InChI is InChI=1S/C22H31N5O4/c1-5-25-21(15(3)28)31-16(4)18-9-7-17(8-10-18)13-26-11-12-27(19(23)14-26)20(24)22(29)30-6-2/h5,7-10,15-16,23-24,28H,1,6,11-14H2,2-4H3/t15?,16-/m1/s1. The maximum atomic E-state index is 11.8. The number of carbonyl (C=O) groups is 1. The fraction of sp³-hybridized carbons (Fsp3) is 0.455. The number of carbonyl (C=O) groups excluding carboxylic acids is 1. The number of piperazine rings is 1. The van der Waals surface area contributed by atoms with Crippen LogP contribution in [0.3, 0.4) is 0 Å². The molecule has 1 aliphatic rings. The molecule has 0 saturated carbocycles. The van der Waals surface area contributed by atoms with Crippen LogP contribution < -0.4 is 0 Å². The molecule has 2 atom stereocenters. The molecule has 3 N–H and O–H groups in total. The molecule has 1 aliphatic heterocycles. The molecule has 1 fully saturated rings. The Bertz CT molecular complexity index is 835. The normalized spacial score (nSPS) is 17.1. The zero-order valence-electron chi connectivity index (χ0n) is 18.3. The predicted molar refractivity (Wildman–Crippen MR) is 119 cm³/mol. The van der Waals surface area contributed by atoms with Crippen molar-refractivity contribution in [2.45, 2.75) is 39.5 Å². The quantitative estimate of drug-likeness (QED) is 0.347. The van der Waals surface area contributed by atoms with E-state index in [0.717, 1.165) is 11.1 Å². The SMILES string of the molecule is C=CN=C(O[C@H](C)c1ccc(CN2CCN(C(=N)C(=O)OCC)C(=N)C2)cc1)C(C)O. The summed E-state index contributed by atoms with van der Waals surface area (Å²) in [5.74, 6) is -0.572. The minimum atomic E-state index is -0.820. The van der Waals surface area contributed by atoms with Gasteiger partial charge < -0.3 is 19.5 Å². The van der Waals surface area contributed by atoms with Crippen LogP contribution in [0, 0.1) is 10.8 Å². The largest absolute Gasteiger partial charge is 0.471 e. The number of hydrogen-bond acceptors (Lipinski definition) is 8. The second-order valence-corrected chi connectivity index (χ2v) is 7.21. The van der Waals surface area contributed by atoms with Crippen molar-refractivity contribution in [1.29, 1.82) is 10.8 Å². The van der Waals surface area contributed by atoms with Crippen LogP contribution in [-0.4, -0.2) is 70.8 Å². The molecular weight excluding hydrogens is 398 g/mol. The first-order chi connectivity index (χ1) is 14.8. The monoisotopic (exact) mass is 429 g/mol. The van der Waals surface area contributed by atoms with E-state index in [1.54, 1.807) is 13.8 Å². The van der Waals surface area contributed by atoms with E-state index < -0.39 is 12.1 Å². The highest BCUT2D eigenvalue weighted by Gasteiger charge is 2.28. The second-order valence-electron chi connectivity index (χ2n) is 7.21. The highest BCUT2D eigenvalue weighted by molar-refractivity contribution is 6.37. The van der Waals surface area contributed by atoms with E-state index in [1.807, 2.05) is 31.2 Å². The Morgan fingerprint density at radius 3 is 2.55 bits per heavy atom. The first-order valence-corrected chi connectivity index (χ1v) is 10.2. The number of hydrogen-bond donors (Lipinski definition) is 3. The summed E-state index contributed by atoms with van der Waals surface area (Å²) in [5.41, 5.74) is 2.02. The van der Waals surface area contributed by atoms with Gasteiger partial charge >= 0.3 is 5.97 Å². The number of nitrogens with zero attached hydrogens (tertiary/aromatic N) is 3. The van der Waals surface area contributed by atoms with Gasteiger partial charge in [-0.05, 0) is 31.9 Å². The number of rotatable bonds is 7. The van der Waals surface area contributed by atoms with E-state index in [4.69, 9.17) is 20.3 Å². The highest BCUT2D eigenvalue weighted by atomic mass is 16.5. The van der Waals surface area contributed by atoms with E-state index in [0.29, 0.717) is 26.2 Å². The maximum Gasteiger partial charge on any atom is 0.373 e. The van der Waals surface area contributed by atoms with Crippen molar-refractivity contribution in [2.24, 2.45) is 4.99 Å². The Kier molecular flexibility index (Phi) is 8.89. The van der Waals surface area contributed by atoms with E-state index >= 15 is 0 Å². The molecule has 2 rings (SSSR count). The van der Waals surface area contributed by atoms with E-state index in [1.165, 1.54) is 11.1 Å². The van der Waals surface area contributed by atoms with E-state index in [2.05, 4.69) is 16.5 Å². The molecule has 1 aromatic rings. The molecule has 9 nitrogen and oxygen atoms in total. The number of nitrogens with one attached hydrogen (secondary N) is 2. The van der Waals surface area contributed by atoms with Gasteiger partial charge in [0.05, 0.1) is 13.2 Å². The van der Waals surface area contributed by atoms with Gasteiger partial charge in [0.25, 0.3) is 0 Å². The number of aliphatic imine (C=N–C) groups is 1. The third kappa shape index (κ3) is 6.73. The van der Waals surface area contributed by atoms with Crippen LogP contribution in [0.2, 0.25) is 0 Å². The average Bonchev–Trinajstić information content (AvgIpc) is 2.73. The molecule has 0 aromatic heterocycles. The summed E-state index contributed by atoms with van der Waals surface area (Å²) in [4.78, 5) is 19.2. The Morgan fingerprint density at radius 1 is 1.32 bits per heavy atom. The Hall–Kier alpha value is -3.04. The molecular formula is C22H31N5O4. The number of esters is 1. The smallest absolute Gasteiger partial charge is 0.373 e. The van der Waals surface area contributed by atoms with Crippen molar-refractivity contribution in [2.75, 3.05) is 26.2 Å². The fourth-order valence-electron chi connectivity index (χ4n) is 3.17. The number of ether oxygens (including phenoxy) is 2. The molecule has 1 unspecified atom stereocenters. The zero-order valence-corrected chi connectivity index (χ0v) is 18.3. The van der Waals surface area contributed by atoms with Crippen LogP contribution in [-0.2, 0) is 20.8 Å². The van der Waals surface area contributed by atoms with Crippen molar-refractivity contribution >= 4 is 23.5 Å². The summed E-state index contributed by atoms with van der Waals surface area (Å²) < 4.78 is 10.6. The average molecular weight is 430 g/mol. The van der Waals surface area contributed by atoms with Gasteiger partial charge in [0, 0.05) is 25.8 Å². The zero-order chi connectivity index (χ0) is 23.0. The number of aliphatic hydroxyl groups is 1. The van der Waals surface area contributed by atoms with Crippen LogP contribution in [0.1, 0.15) is 38.0 Å². The van der Waals surface area contributed by atoms with Crippen molar-refractivity contribution in [3.63, 3.8) is 0 Å². The molecule has 0 spiro atoms. The first-order valence-electron chi connectivity index (χ1n) is 10.2. The number of aliphatic hydroxyl groups excluding tert-OH is 1. The predicted octanol–water partition coefficient (Wildman–Crippen LogP) is 2.32. The lowest BCUT2D eigenvalue weighted by Crippen LogP contribution is -2.53.